The molecule has 0 fully saturated rings. The Morgan fingerprint density at radius 1 is 0.968 bits per heavy atom. The van der Waals surface area contributed by atoms with Crippen LogP contribution in [0.3, 0.4) is 0 Å². The highest BCUT2D eigenvalue weighted by Crippen LogP contribution is 2.23. The van der Waals surface area contributed by atoms with Gasteiger partial charge in [-0.1, -0.05) is 23.4 Å². The van der Waals surface area contributed by atoms with Gasteiger partial charge in [0.05, 0.1) is 17.9 Å². The van der Waals surface area contributed by atoms with E-state index in [-0.39, 0.29) is 12.0 Å². The largest absolute Gasteiger partial charge is 0.339 e. The number of benzene rings is 2. The van der Waals surface area contributed by atoms with Crippen LogP contribution in [0.15, 0.2) is 71.5 Å². The third kappa shape index (κ3) is 5.28. The Balaban J connectivity index is 1.53. The summed E-state index contributed by atoms with van der Waals surface area (Å²) >= 11 is 0. The fourth-order valence-electron chi connectivity index (χ4n) is 3.00. The number of para-hydroxylation sites is 1. The molecule has 0 aliphatic carbocycles. The first-order chi connectivity index (χ1) is 14.9. The molecule has 2 aromatic heterocycles. The predicted molar refractivity (Wildman–Crippen MR) is 109 cm³/mol. The first kappa shape index (κ1) is 20.6. The lowest BCUT2D eigenvalue weighted by atomic mass is 10.1. The van der Waals surface area contributed by atoms with Crippen LogP contribution in [0.25, 0.3) is 11.4 Å². The van der Waals surface area contributed by atoms with Gasteiger partial charge in [0.15, 0.2) is 0 Å². The van der Waals surface area contributed by atoms with Crippen LogP contribution in [0, 0.1) is 11.6 Å². The quantitative estimate of drug-likeness (QED) is 0.466. The average molecular weight is 442 g/mol. The van der Waals surface area contributed by atoms with Crippen molar-refractivity contribution < 1.29 is 21.7 Å². The van der Waals surface area contributed by atoms with E-state index in [0.717, 1.165) is 17.7 Å². The summed E-state index contributed by atoms with van der Waals surface area (Å²) in [6.07, 6.45) is 3.41. The van der Waals surface area contributed by atoms with Gasteiger partial charge in [-0.2, -0.15) is 4.98 Å². The Bertz CT molecular complexity index is 1290. The molecule has 0 radical (unpaired) electrons. The Labute approximate surface area is 176 Å². The van der Waals surface area contributed by atoms with E-state index in [1.54, 1.807) is 48.8 Å². The third-order valence-electron chi connectivity index (χ3n) is 4.31. The number of hydrogen-bond acceptors (Lipinski definition) is 6. The first-order valence-electron chi connectivity index (χ1n) is 9.14. The van der Waals surface area contributed by atoms with Crippen LogP contribution in [0.1, 0.15) is 17.0 Å². The summed E-state index contributed by atoms with van der Waals surface area (Å²) in [6.45, 7) is 0. The van der Waals surface area contributed by atoms with Crippen molar-refractivity contribution in [1.29, 1.82) is 0 Å². The van der Waals surface area contributed by atoms with Crippen LogP contribution in [-0.2, 0) is 22.2 Å². The number of anilines is 1. The zero-order valence-electron chi connectivity index (χ0n) is 16.0. The molecule has 1 N–H and O–H groups in total. The molecule has 10 heteroatoms. The van der Waals surface area contributed by atoms with Gasteiger partial charge in [-0.25, -0.2) is 17.2 Å². The summed E-state index contributed by atoms with van der Waals surface area (Å²) in [5.74, 6) is -1.57. The van der Waals surface area contributed by atoms with Gasteiger partial charge < -0.3 is 4.52 Å². The van der Waals surface area contributed by atoms with E-state index in [4.69, 9.17) is 4.52 Å². The van der Waals surface area contributed by atoms with Gasteiger partial charge in [0.1, 0.15) is 11.6 Å². The topological polar surface area (TPSA) is 98.0 Å². The molecular formula is C21H16F2N4O3S. The molecule has 4 rings (SSSR count). The molecule has 0 amide bonds. The van der Waals surface area contributed by atoms with Crippen molar-refractivity contribution in [1.82, 2.24) is 15.1 Å². The monoisotopic (exact) mass is 442 g/mol. The molecule has 0 spiro atoms. The lowest BCUT2D eigenvalue weighted by molar-refractivity contribution is 0.386. The summed E-state index contributed by atoms with van der Waals surface area (Å²) in [5, 5.41) is 3.94. The normalized spacial score (nSPS) is 11.4. The Hall–Kier alpha value is -3.66. The van der Waals surface area contributed by atoms with E-state index in [1.807, 2.05) is 0 Å². The number of rotatable bonds is 7. The molecule has 7 nitrogen and oxygen atoms in total. The second-order valence-electron chi connectivity index (χ2n) is 6.72. The van der Waals surface area contributed by atoms with Gasteiger partial charge in [0, 0.05) is 24.0 Å². The molecule has 31 heavy (non-hydrogen) atoms. The molecule has 0 unspecified atom stereocenters. The minimum Gasteiger partial charge on any atom is -0.339 e. The molecule has 0 saturated heterocycles. The van der Waals surface area contributed by atoms with E-state index in [2.05, 4.69) is 19.8 Å². The summed E-state index contributed by atoms with van der Waals surface area (Å²) in [6, 6.07) is 12.8. The zero-order chi connectivity index (χ0) is 21.8. The maximum absolute atomic E-state index is 13.4. The van der Waals surface area contributed by atoms with Crippen LogP contribution >= 0.6 is 0 Å². The average Bonchev–Trinajstić information content (AvgIpc) is 3.17. The maximum Gasteiger partial charge on any atom is 0.236 e. The minimum atomic E-state index is -3.93. The highest BCUT2D eigenvalue weighted by atomic mass is 32.2. The van der Waals surface area contributed by atoms with Crippen molar-refractivity contribution in [3.8, 4) is 11.4 Å². The van der Waals surface area contributed by atoms with Gasteiger partial charge in [-0.3, -0.25) is 9.71 Å². The minimum absolute atomic E-state index is 0.00127. The lowest BCUT2D eigenvalue weighted by Gasteiger charge is -2.12. The van der Waals surface area contributed by atoms with Crippen molar-refractivity contribution in [3.05, 3.63) is 95.6 Å². The van der Waals surface area contributed by atoms with Crippen LogP contribution < -0.4 is 4.72 Å². The summed E-state index contributed by atoms with van der Waals surface area (Å²) in [4.78, 5) is 8.27. The Morgan fingerprint density at radius 2 is 1.68 bits per heavy atom. The fraction of sp³-hybridized carbons (Fsp3) is 0.0952. The van der Waals surface area contributed by atoms with Gasteiger partial charge >= 0.3 is 0 Å². The number of aromatic nitrogens is 3. The molecule has 2 heterocycles. The van der Waals surface area contributed by atoms with Gasteiger partial charge in [0.25, 0.3) is 0 Å². The van der Waals surface area contributed by atoms with Crippen molar-refractivity contribution in [2.45, 2.75) is 12.2 Å². The van der Waals surface area contributed by atoms with Crippen LogP contribution in [0.4, 0.5) is 14.5 Å². The van der Waals surface area contributed by atoms with Crippen LogP contribution in [0.5, 0.6) is 0 Å². The van der Waals surface area contributed by atoms with E-state index in [0.29, 0.717) is 29.0 Å². The first-order valence-corrected chi connectivity index (χ1v) is 10.8. The molecule has 4 aromatic rings. The standard InChI is InChI=1S/C21H16F2N4O3S/c22-17-9-14(10-18(23)12-17)13-31(28,29)27-19-4-2-1-3-16(19)11-20-25-21(26-30-20)15-5-7-24-8-6-15/h1-10,12,27H,11,13H2. The van der Waals surface area contributed by atoms with Gasteiger partial charge in [-0.15, -0.1) is 0 Å². The third-order valence-corrected chi connectivity index (χ3v) is 5.55. The van der Waals surface area contributed by atoms with Crippen molar-refractivity contribution in [3.63, 3.8) is 0 Å². The van der Waals surface area contributed by atoms with Gasteiger partial charge in [-0.05, 0) is 41.5 Å². The molecule has 158 valence electrons. The summed E-state index contributed by atoms with van der Waals surface area (Å²) in [7, 11) is -3.93. The highest BCUT2D eigenvalue weighted by Gasteiger charge is 2.17. The molecule has 0 atom stereocenters. The van der Waals surface area contributed by atoms with E-state index >= 15 is 0 Å². The van der Waals surface area contributed by atoms with Crippen molar-refractivity contribution in [2.24, 2.45) is 0 Å². The Kier molecular flexibility index (Phi) is 5.72. The van der Waals surface area contributed by atoms with Crippen molar-refractivity contribution >= 4 is 15.7 Å². The zero-order valence-corrected chi connectivity index (χ0v) is 16.8. The van der Waals surface area contributed by atoms with Gasteiger partial charge in [0.2, 0.25) is 21.7 Å². The molecule has 0 aliphatic heterocycles. The molecule has 0 aliphatic rings. The molecule has 0 bridgehead atoms. The number of pyridine rings is 1. The molecule has 2 aromatic carbocycles. The number of sulfonamides is 1. The van der Waals surface area contributed by atoms with Crippen LogP contribution in [0.2, 0.25) is 0 Å². The van der Waals surface area contributed by atoms with Crippen molar-refractivity contribution in [2.75, 3.05) is 4.72 Å². The fourth-order valence-corrected chi connectivity index (χ4v) is 4.21. The van der Waals surface area contributed by atoms with E-state index < -0.39 is 27.4 Å². The van der Waals surface area contributed by atoms with E-state index in [9.17, 15) is 17.2 Å². The molecule has 0 saturated carbocycles. The number of halogens is 2. The van der Waals surface area contributed by atoms with E-state index in [1.165, 1.54) is 0 Å². The predicted octanol–water partition coefficient (Wildman–Crippen LogP) is 3.94. The molecular weight excluding hydrogens is 426 g/mol. The second kappa shape index (κ2) is 8.60. The Morgan fingerprint density at radius 3 is 2.42 bits per heavy atom. The lowest BCUT2D eigenvalue weighted by Crippen LogP contribution is -2.16. The maximum atomic E-state index is 13.4. The number of nitrogens with one attached hydrogen (secondary N) is 1. The summed E-state index contributed by atoms with van der Waals surface area (Å²) < 4.78 is 59.7. The highest BCUT2D eigenvalue weighted by molar-refractivity contribution is 7.91. The number of hydrogen-bond donors (Lipinski definition) is 1. The number of nitrogens with zero attached hydrogens (tertiary/aromatic N) is 3. The summed E-state index contributed by atoms with van der Waals surface area (Å²) in [5.41, 5.74) is 1.65. The van der Waals surface area contributed by atoms with Crippen LogP contribution in [-0.4, -0.2) is 23.5 Å². The smallest absolute Gasteiger partial charge is 0.236 e. The SMILES string of the molecule is O=S(=O)(Cc1cc(F)cc(F)c1)Nc1ccccc1Cc1nc(-c2ccncc2)no1. The second-order valence-corrected chi connectivity index (χ2v) is 8.44.